The van der Waals surface area contributed by atoms with Crippen molar-refractivity contribution in [1.29, 1.82) is 0 Å². The molecule has 3 rings (SSSR count). The molecular formula is C27H40ClN5O5S. The van der Waals surface area contributed by atoms with E-state index < -0.39 is 23.6 Å². The summed E-state index contributed by atoms with van der Waals surface area (Å²) in [5, 5.41) is 11.3. The lowest BCUT2D eigenvalue weighted by atomic mass is 9.85. The van der Waals surface area contributed by atoms with Gasteiger partial charge in [0.05, 0.1) is 0 Å². The second-order valence-corrected chi connectivity index (χ2v) is 11.4. The molecule has 1 fully saturated rings. The number of rotatable bonds is 14. The van der Waals surface area contributed by atoms with Gasteiger partial charge in [0.15, 0.2) is 0 Å². The van der Waals surface area contributed by atoms with Crippen LogP contribution in [0.3, 0.4) is 0 Å². The van der Waals surface area contributed by atoms with Crippen molar-refractivity contribution in [2.75, 3.05) is 26.4 Å². The molecule has 1 aromatic carbocycles. The molecule has 1 aromatic heterocycles. The van der Waals surface area contributed by atoms with E-state index in [1.54, 1.807) is 0 Å². The number of carbonyl (C=O) groups is 3. The van der Waals surface area contributed by atoms with Crippen molar-refractivity contribution in [3.8, 4) is 0 Å². The Labute approximate surface area is 241 Å². The summed E-state index contributed by atoms with van der Waals surface area (Å²) in [6.45, 7) is 4.89. The second-order valence-electron chi connectivity index (χ2n) is 10.3. The minimum atomic E-state index is -1.05. The van der Waals surface area contributed by atoms with Gasteiger partial charge in [-0.15, -0.1) is 22.6 Å². The van der Waals surface area contributed by atoms with E-state index in [4.69, 9.17) is 9.15 Å². The number of thioether (sulfide) groups is 1. The number of nitrogens with zero attached hydrogens (tertiary/aromatic N) is 4. The number of Topliss-reactive ketones (excluding diaryl/α,β-unsaturated/α-hetero) is 1. The summed E-state index contributed by atoms with van der Waals surface area (Å²) in [6, 6.07) is 8.51. The zero-order chi connectivity index (χ0) is 27.5. The highest BCUT2D eigenvalue weighted by Gasteiger charge is 2.45. The molecule has 1 aliphatic rings. The number of amides is 2. The lowest BCUT2D eigenvalue weighted by Crippen LogP contribution is -2.65. The Morgan fingerprint density at radius 2 is 1.85 bits per heavy atom. The van der Waals surface area contributed by atoms with E-state index in [1.165, 1.54) is 16.7 Å². The van der Waals surface area contributed by atoms with E-state index >= 15 is 0 Å². The molecule has 0 aliphatic heterocycles. The number of hydrogen-bond donors (Lipinski definition) is 1. The minimum Gasteiger partial charge on any atom is -0.445 e. The zero-order valence-corrected chi connectivity index (χ0v) is 24.8. The molecule has 0 bridgehead atoms. The first-order chi connectivity index (χ1) is 18.2. The second kappa shape index (κ2) is 15.8. The highest BCUT2D eigenvalue weighted by molar-refractivity contribution is 7.99. The third-order valence-corrected chi connectivity index (χ3v) is 7.35. The number of halogens is 1. The Kier molecular flexibility index (Phi) is 13.2. The van der Waals surface area contributed by atoms with E-state index in [-0.39, 0.29) is 30.8 Å². The van der Waals surface area contributed by atoms with Crippen molar-refractivity contribution in [3.05, 3.63) is 41.8 Å². The highest BCUT2D eigenvalue weighted by atomic mass is 35.5. The number of aromatic nitrogens is 2. The van der Waals surface area contributed by atoms with Crippen molar-refractivity contribution in [2.45, 2.75) is 75.9 Å². The molecule has 1 unspecified atom stereocenters. The molecule has 1 aliphatic carbocycles. The maximum Gasteiger partial charge on any atom is 0.409 e. The maximum absolute atomic E-state index is 13.7. The van der Waals surface area contributed by atoms with Crippen LogP contribution in [0.25, 0.3) is 0 Å². The summed E-state index contributed by atoms with van der Waals surface area (Å²) in [7, 11) is 3.95. The monoisotopic (exact) mass is 581 g/mol. The molecule has 1 saturated carbocycles. The van der Waals surface area contributed by atoms with Gasteiger partial charge >= 0.3 is 6.09 Å². The smallest absolute Gasteiger partial charge is 0.409 e. The summed E-state index contributed by atoms with van der Waals surface area (Å²) >= 11 is 1.38. The molecule has 2 amide bonds. The average Bonchev–Trinajstić information content (AvgIpc) is 3.36. The number of benzene rings is 1. The van der Waals surface area contributed by atoms with Crippen LogP contribution >= 0.6 is 24.2 Å². The number of alkyl carbamates (subject to hydrolysis) is 1. The van der Waals surface area contributed by atoms with Crippen LogP contribution in [0.4, 0.5) is 4.79 Å². The third-order valence-electron chi connectivity index (χ3n) is 6.55. The van der Waals surface area contributed by atoms with Crippen molar-refractivity contribution in [1.82, 2.24) is 25.3 Å². The fraction of sp³-hybridized carbons (Fsp3) is 0.593. The van der Waals surface area contributed by atoms with Crippen LogP contribution in [-0.2, 0) is 16.1 Å². The van der Waals surface area contributed by atoms with Crippen LogP contribution in [0.2, 0.25) is 0 Å². The van der Waals surface area contributed by atoms with Gasteiger partial charge in [0, 0.05) is 12.3 Å². The predicted octanol–water partition coefficient (Wildman–Crippen LogP) is 4.79. The fourth-order valence-electron chi connectivity index (χ4n) is 4.63. The van der Waals surface area contributed by atoms with Crippen LogP contribution in [0, 0.1) is 5.92 Å². The first-order valence-corrected chi connectivity index (χ1v) is 14.1. The Morgan fingerprint density at radius 1 is 1.15 bits per heavy atom. The summed E-state index contributed by atoms with van der Waals surface area (Å²) in [6.07, 6.45) is 4.04. The lowest BCUT2D eigenvalue weighted by Gasteiger charge is -2.47. The molecule has 39 heavy (non-hydrogen) atoms. The van der Waals surface area contributed by atoms with Gasteiger partial charge in [0.2, 0.25) is 12.2 Å². The molecule has 10 nitrogen and oxygen atoms in total. The minimum absolute atomic E-state index is 0. The van der Waals surface area contributed by atoms with E-state index in [2.05, 4.69) is 15.5 Å². The van der Waals surface area contributed by atoms with Crippen LogP contribution in [0.5, 0.6) is 0 Å². The van der Waals surface area contributed by atoms with Crippen molar-refractivity contribution < 1.29 is 23.5 Å². The van der Waals surface area contributed by atoms with Gasteiger partial charge in [-0.05, 0) is 57.7 Å². The van der Waals surface area contributed by atoms with Crippen LogP contribution in [0.1, 0.15) is 68.6 Å². The van der Waals surface area contributed by atoms with Crippen molar-refractivity contribution in [2.24, 2.45) is 5.92 Å². The van der Waals surface area contributed by atoms with Gasteiger partial charge in [-0.1, -0.05) is 62.4 Å². The fourth-order valence-corrected chi connectivity index (χ4v) is 5.49. The summed E-state index contributed by atoms with van der Waals surface area (Å²) in [5.41, 5.74) is -0.192. The topological polar surface area (TPSA) is 118 Å². The van der Waals surface area contributed by atoms with Gasteiger partial charge in [-0.25, -0.2) is 4.79 Å². The molecular weight excluding hydrogens is 542 g/mol. The molecule has 1 atom stereocenters. The Morgan fingerprint density at radius 3 is 2.46 bits per heavy atom. The maximum atomic E-state index is 13.7. The van der Waals surface area contributed by atoms with Gasteiger partial charge in [-0.3, -0.25) is 14.9 Å². The number of ketones is 1. The van der Waals surface area contributed by atoms with E-state index in [1.807, 2.05) is 63.2 Å². The van der Waals surface area contributed by atoms with Gasteiger partial charge in [-0.2, -0.15) is 0 Å². The SMILES string of the molecule is CC(C)CC(C(=O)c1nnc(SCCN(C)C)o1)N(C=O)C1(NC(=O)OCc2ccccc2)CCCCC1.Cl. The number of hydrogen-bond acceptors (Lipinski definition) is 9. The van der Waals surface area contributed by atoms with Crippen LogP contribution in [0.15, 0.2) is 40.0 Å². The van der Waals surface area contributed by atoms with E-state index in [9.17, 15) is 14.4 Å². The molecule has 2 aromatic rings. The first kappa shape index (κ1) is 32.6. The number of carbonyl (C=O) groups excluding carboxylic acids is 3. The summed E-state index contributed by atoms with van der Waals surface area (Å²) in [5.74, 6) is 0.264. The van der Waals surface area contributed by atoms with Gasteiger partial charge in [0.1, 0.15) is 18.3 Å². The molecule has 12 heteroatoms. The van der Waals surface area contributed by atoms with E-state index in [0.29, 0.717) is 30.9 Å². The number of ether oxygens (including phenoxy) is 1. The number of nitrogens with one attached hydrogen (secondary N) is 1. The van der Waals surface area contributed by atoms with Crippen LogP contribution in [-0.4, -0.2) is 76.4 Å². The molecule has 0 radical (unpaired) electrons. The summed E-state index contributed by atoms with van der Waals surface area (Å²) < 4.78 is 11.2. The van der Waals surface area contributed by atoms with Crippen molar-refractivity contribution in [3.63, 3.8) is 0 Å². The zero-order valence-electron chi connectivity index (χ0n) is 23.1. The Hall–Kier alpha value is -2.63. The molecule has 1 N–H and O–H groups in total. The Bertz CT molecular complexity index is 1050. The third kappa shape index (κ3) is 9.51. The van der Waals surface area contributed by atoms with Gasteiger partial charge < -0.3 is 19.0 Å². The first-order valence-electron chi connectivity index (χ1n) is 13.1. The Balaban J connectivity index is 0.00000533. The molecule has 216 valence electrons. The van der Waals surface area contributed by atoms with Gasteiger partial charge in [0.25, 0.3) is 11.1 Å². The van der Waals surface area contributed by atoms with E-state index in [0.717, 1.165) is 37.1 Å². The lowest BCUT2D eigenvalue weighted by molar-refractivity contribution is -0.130. The predicted molar refractivity (Wildman–Crippen MR) is 152 cm³/mol. The molecule has 0 saturated heterocycles. The summed E-state index contributed by atoms with van der Waals surface area (Å²) in [4.78, 5) is 42.8. The average molecular weight is 582 g/mol. The highest BCUT2D eigenvalue weighted by Crippen LogP contribution is 2.34. The van der Waals surface area contributed by atoms with Crippen molar-refractivity contribution >= 4 is 42.5 Å². The largest absolute Gasteiger partial charge is 0.445 e. The quantitative estimate of drug-likeness (QED) is 0.145. The normalized spacial score (nSPS) is 15.3. The molecule has 0 spiro atoms. The van der Waals surface area contributed by atoms with Crippen LogP contribution < -0.4 is 5.32 Å². The molecule has 1 heterocycles. The standard InChI is InChI=1S/C27H39N5O5S.ClH/c1-20(2)17-22(23(34)24-29-30-26(37-24)38-16-15-31(3)4)32(19-33)27(13-9-6-10-14-27)28-25(35)36-18-21-11-7-5-8-12-21;/h5,7-8,11-12,19-20,22H,6,9-10,13-18H2,1-4H3,(H,28,35);1H.